The van der Waals surface area contributed by atoms with Crippen molar-refractivity contribution in [2.24, 2.45) is 0 Å². The van der Waals surface area contributed by atoms with Crippen LogP contribution in [0.3, 0.4) is 0 Å². The molecule has 0 aromatic heterocycles. The van der Waals surface area contributed by atoms with E-state index in [9.17, 15) is 0 Å². The summed E-state index contributed by atoms with van der Waals surface area (Å²) < 4.78 is 0. The van der Waals surface area contributed by atoms with Crippen LogP contribution in [-0.4, -0.2) is 61.2 Å². The molecule has 0 unspecified atom stereocenters. The normalized spacial score (nSPS) is 9.00. The van der Waals surface area contributed by atoms with E-state index < -0.39 is 0 Å². The van der Waals surface area contributed by atoms with E-state index in [-0.39, 0.29) is 19.0 Å². The third-order valence-corrected chi connectivity index (χ3v) is 0.994. The molecule has 0 aliphatic heterocycles. The van der Waals surface area contributed by atoms with Crippen LogP contribution in [0.15, 0.2) is 0 Å². The van der Waals surface area contributed by atoms with Gasteiger partial charge in [0.1, 0.15) is 0 Å². The van der Waals surface area contributed by atoms with Gasteiger partial charge in [-0.2, -0.15) is 0 Å². The summed E-state index contributed by atoms with van der Waals surface area (Å²) in [5.41, 5.74) is 0. The fourth-order valence-corrected chi connectivity index (χ4v) is 0.400. The fraction of sp³-hybridized carbons (Fsp3) is 0.857. The SMILES string of the molecule is CN(C)CCN(C)C.[Be+2].[CH3-].[H-]. The molecule has 3 heteroatoms. The molecule has 0 N–H and O–H groups in total. The van der Waals surface area contributed by atoms with Crippen LogP contribution in [0.5, 0.6) is 0 Å². The Kier molecular flexibility index (Phi) is 15.1. The summed E-state index contributed by atoms with van der Waals surface area (Å²) in [7, 11) is 8.35. The van der Waals surface area contributed by atoms with Crippen LogP contribution in [0.1, 0.15) is 1.43 Å². The van der Waals surface area contributed by atoms with E-state index in [4.69, 9.17) is 0 Å². The van der Waals surface area contributed by atoms with Crippen LogP contribution < -0.4 is 0 Å². The summed E-state index contributed by atoms with van der Waals surface area (Å²) in [4.78, 5) is 4.36. The molecule has 0 fully saturated rings. The van der Waals surface area contributed by atoms with Crippen molar-refractivity contribution in [1.82, 2.24) is 9.80 Å². The summed E-state index contributed by atoms with van der Waals surface area (Å²) >= 11 is 0. The maximum atomic E-state index is 2.18. The second kappa shape index (κ2) is 9.09. The molecule has 0 heterocycles. The average Bonchev–Trinajstić information content (AvgIpc) is 1.61. The van der Waals surface area contributed by atoms with E-state index in [2.05, 4.69) is 38.0 Å². The molecule has 60 valence electrons. The molecule has 0 rings (SSSR count). The van der Waals surface area contributed by atoms with Crippen molar-refractivity contribution in [3.8, 4) is 0 Å². The van der Waals surface area contributed by atoms with Crippen molar-refractivity contribution in [2.45, 2.75) is 0 Å². The third-order valence-electron chi connectivity index (χ3n) is 0.994. The zero-order chi connectivity index (χ0) is 6.57. The van der Waals surface area contributed by atoms with Crippen molar-refractivity contribution in [1.29, 1.82) is 0 Å². The van der Waals surface area contributed by atoms with Gasteiger partial charge in [0.05, 0.1) is 0 Å². The topological polar surface area (TPSA) is 6.48 Å². The molecule has 0 saturated carbocycles. The number of rotatable bonds is 3. The molecule has 10 heavy (non-hydrogen) atoms. The Morgan fingerprint density at radius 2 is 1.10 bits per heavy atom. The van der Waals surface area contributed by atoms with Crippen LogP contribution in [0.2, 0.25) is 0 Å². The van der Waals surface area contributed by atoms with E-state index in [1.807, 2.05) is 0 Å². The zero-order valence-electron chi connectivity index (χ0n) is 9.02. The maximum absolute atomic E-state index is 2.18. The van der Waals surface area contributed by atoms with Gasteiger partial charge in [-0.1, -0.05) is 0 Å². The van der Waals surface area contributed by atoms with Crippen LogP contribution >= 0.6 is 0 Å². The summed E-state index contributed by atoms with van der Waals surface area (Å²) in [6, 6.07) is 0. The molecule has 0 saturated heterocycles. The molecule has 0 aromatic carbocycles. The Bertz CT molecular complexity index is 52.4. The van der Waals surface area contributed by atoms with Gasteiger partial charge in [-0.3, -0.25) is 0 Å². The van der Waals surface area contributed by atoms with Crippen molar-refractivity contribution in [3.05, 3.63) is 7.43 Å². The minimum absolute atomic E-state index is 0. The molecule has 0 radical (unpaired) electrons. The fourth-order valence-electron chi connectivity index (χ4n) is 0.400. The first-order chi connectivity index (χ1) is 3.63. The van der Waals surface area contributed by atoms with Crippen LogP contribution in [0.25, 0.3) is 0 Å². The minimum atomic E-state index is 0. The van der Waals surface area contributed by atoms with Gasteiger partial charge in [0, 0.05) is 13.1 Å². The maximum Gasteiger partial charge on any atom is 2.00 e. The summed E-state index contributed by atoms with van der Waals surface area (Å²) in [6.45, 7) is 2.29. The largest absolute Gasteiger partial charge is 2.00 e. The predicted molar refractivity (Wildman–Crippen MR) is 50.4 cm³/mol. The van der Waals surface area contributed by atoms with Gasteiger partial charge in [0.25, 0.3) is 0 Å². The first kappa shape index (κ1) is 16.6. The van der Waals surface area contributed by atoms with E-state index in [0.717, 1.165) is 13.1 Å². The summed E-state index contributed by atoms with van der Waals surface area (Å²) in [5.74, 6) is 0. The van der Waals surface area contributed by atoms with Crippen LogP contribution in [-0.2, 0) is 0 Å². The molecule has 0 aliphatic carbocycles. The predicted octanol–water partition coefficient (Wildman–Crippen LogP) is 0.292. The Morgan fingerprint density at radius 1 is 0.900 bits per heavy atom. The van der Waals surface area contributed by atoms with E-state index in [1.165, 1.54) is 0 Å². The Hall–Kier alpha value is 0.0888. The van der Waals surface area contributed by atoms with Gasteiger partial charge < -0.3 is 18.7 Å². The second-order valence-electron chi connectivity index (χ2n) is 2.61. The number of likely N-dealkylation sites (N-methyl/N-ethyl adjacent to an activating group) is 2. The molecule has 0 atom stereocenters. The third kappa shape index (κ3) is 15.7. The first-order valence-corrected chi connectivity index (χ1v) is 2.92. The Labute approximate surface area is 70.9 Å². The number of hydrogen-bond acceptors (Lipinski definition) is 2. The summed E-state index contributed by atoms with van der Waals surface area (Å²) in [6.07, 6.45) is 0. The van der Waals surface area contributed by atoms with Gasteiger partial charge >= 0.3 is 10.1 Å². The second-order valence-corrected chi connectivity index (χ2v) is 2.61. The Balaban J connectivity index is -0.0000000817. The van der Waals surface area contributed by atoms with Gasteiger partial charge in [0.2, 0.25) is 0 Å². The van der Waals surface area contributed by atoms with Crippen molar-refractivity contribution in [2.75, 3.05) is 41.3 Å². The van der Waals surface area contributed by atoms with Gasteiger partial charge in [0.15, 0.2) is 0 Å². The van der Waals surface area contributed by atoms with Crippen molar-refractivity contribution >= 4 is 10.1 Å². The molecule has 0 aliphatic rings. The smallest absolute Gasteiger partial charge is 1.00 e. The molecular formula is C7H20BeN2. The van der Waals surface area contributed by atoms with E-state index in [0.29, 0.717) is 0 Å². The number of hydrogen-bond donors (Lipinski definition) is 0. The summed E-state index contributed by atoms with van der Waals surface area (Å²) in [5, 5.41) is 0. The molecule has 0 amide bonds. The van der Waals surface area contributed by atoms with Gasteiger partial charge in [-0.15, -0.1) is 0 Å². The molecule has 0 aromatic rings. The average molecular weight is 141 g/mol. The van der Waals surface area contributed by atoms with Crippen LogP contribution in [0, 0.1) is 7.43 Å². The van der Waals surface area contributed by atoms with Crippen molar-refractivity contribution in [3.63, 3.8) is 0 Å². The van der Waals surface area contributed by atoms with Gasteiger partial charge in [-0.25, -0.2) is 0 Å². The van der Waals surface area contributed by atoms with Crippen molar-refractivity contribution < 1.29 is 1.43 Å². The van der Waals surface area contributed by atoms with E-state index in [1.54, 1.807) is 0 Å². The molecule has 0 bridgehead atoms. The minimum Gasteiger partial charge on any atom is -1.00 e. The Morgan fingerprint density at radius 3 is 1.20 bits per heavy atom. The standard InChI is InChI=1S/C6H16N2.CH3.Be.H/c1-7(2)5-6-8(3)4;;;/h5-6H2,1-4H3;1H3;;/q;-1;+2;-1. The molecule has 0 spiro atoms. The quantitative estimate of drug-likeness (QED) is 0.412. The number of nitrogens with zero attached hydrogens (tertiary/aromatic N) is 2. The van der Waals surface area contributed by atoms with E-state index >= 15 is 0 Å². The zero-order valence-corrected chi connectivity index (χ0v) is 8.02. The van der Waals surface area contributed by atoms with Crippen LogP contribution in [0.4, 0.5) is 0 Å². The molecular weight excluding hydrogens is 121 g/mol. The molecule has 2 nitrogen and oxygen atoms in total. The monoisotopic (exact) mass is 141 g/mol. The van der Waals surface area contributed by atoms with Gasteiger partial charge in [-0.05, 0) is 28.2 Å². The first-order valence-electron chi connectivity index (χ1n) is 2.92.